The number of hydrogen-bond donors (Lipinski definition) is 2. The molecule has 0 aromatic heterocycles. The van der Waals surface area contributed by atoms with E-state index < -0.39 is 0 Å². The van der Waals surface area contributed by atoms with Crippen LogP contribution in [0.2, 0.25) is 0 Å². The first-order chi connectivity index (χ1) is 10.2. The predicted octanol–water partition coefficient (Wildman–Crippen LogP) is 0.612. The predicted molar refractivity (Wildman–Crippen MR) is 79.7 cm³/mol. The van der Waals surface area contributed by atoms with Gasteiger partial charge in [0.05, 0.1) is 5.92 Å². The number of nitrogens with zero attached hydrogens (tertiary/aromatic N) is 1. The highest BCUT2D eigenvalue weighted by Crippen LogP contribution is 2.25. The van der Waals surface area contributed by atoms with Gasteiger partial charge >= 0.3 is 0 Å². The topological polar surface area (TPSA) is 61.4 Å². The van der Waals surface area contributed by atoms with Crippen LogP contribution in [0, 0.1) is 0 Å². The number of rotatable bonds is 3. The molecule has 0 radical (unpaired) electrons. The number of hydrogen-bond acceptors (Lipinski definition) is 4. The molecule has 3 rings (SSSR count). The van der Waals surface area contributed by atoms with E-state index in [1.165, 1.54) is 5.56 Å². The van der Waals surface area contributed by atoms with Crippen molar-refractivity contribution in [3.63, 3.8) is 0 Å². The third-order valence-electron chi connectivity index (χ3n) is 4.21. The molecule has 2 amide bonds. The van der Waals surface area contributed by atoms with Crippen LogP contribution in [0.15, 0.2) is 24.3 Å². The zero-order valence-corrected chi connectivity index (χ0v) is 12.1. The molecule has 1 unspecified atom stereocenters. The van der Waals surface area contributed by atoms with E-state index in [9.17, 15) is 9.59 Å². The lowest BCUT2D eigenvalue weighted by molar-refractivity contribution is -0.134. The Balaban J connectivity index is 1.70. The van der Waals surface area contributed by atoms with Gasteiger partial charge in [0.15, 0.2) is 0 Å². The number of carbonyl (C=O) groups excluding carboxylic acids is 2. The Morgan fingerprint density at radius 1 is 1.19 bits per heavy atom. The highest BCUT2D eigenvalue weighted by atomic mass is 16.2. The molecule has 2 fully saturated rings. The maximum Gasteiger partial charge on any atom is 0.234 e. The van der Waals surface area contributed by atoms with Gasteiger partial charge in [-0.25, -0.2) is 0 Å². The third-order valence-corrected chi connectivity index (χ3v) is 4.21. The zero-order chi connectivity index (χ0) is 14.7. The number of nitrogens with one attached hydrogen (secondary N) is 2. The normalized spacial score (nSPS) is 23.9. The van der Waals surface area contributed by atoms with E-state index in [1.807, 2.05) is 12.1 Å². The SMILES string of the molecule is O=C1CCC(c2cccc(CN3CCNCC3)c2)C(=O)N1. The fourth-order valence-electron chi connectivity index (χ4n) is 3.05. The molecule has 21 heavy (non-hydrogen) atoms. The van der Waals surface area contributed by atoms with E-state index in [0.717, 1.165) is 38.3 Å². The molecule has 2 aliphatic heterocycles. The van der Waals surface area contributed by atoms with Crippen LogP contribution in [-0.2, 0) is 16.1 Å². The van der Waals surface area contributed by atoms with Crippen molar-refractivity contribution in [1.82, 2.24) is 15.5 Å². The molecule has 2 aliphatic rings. The first kappa shape index (κ1) is 14.2. The van der Waals surface area contributed by atoms with Crippen molar-refractivity contribution in [3.8, 4) is 0 Å². The van der Waals surface area contributed by atoms with Gasteiger partial charge in [0, 0.05) is 39.1 Å². The maximum absolute atomic E-state index is 12.0. The average Bonchev–Trinajstić information content (AvgIpc) is 2.48. The largest absolute Gasteiger partial charge is 0.314 e. The van der Waals surface area contributed by atoms with Crippen LogP contribution in [0.3, 0.4) is 0 Å². The van der Waals surface area contributed by atoms with Gasteiger partial charge in [-0.05, 0) is 17.5 Å². The molecule has 5 nitrogen and oxygen atoms in total. The Hall–Kier alpha value is -1.72. The fraction of sp³-hybridized carbons (Fsp3) is 0.500. The molecule has 1 atom stereocenters. The van der Waals surface area contributed by atoms with Crippen LogP contribution in [0.1, 0.15) is 29.9 Å². The third kappa shape index (κ3) is 3.49. The van der Waals surface area contributed by atoms with Gasteiger partial charge in [-0.2, -0.15) is 0 Å². The molecular weight excluding hydrogens is 266 g/mol. The van der Waals surface area contributed by atoms with Crippen molar-refractivity contribution in [1.29, 1.82) is 0 Å². The first-order valence-electron chi connectivity index (χ1n) is 7.58. The zero-order valence-electron chi connectivity index (χ0n) is 12.1. The molecule has 0 saturated carbocycles. The lowest BCUT2D eigenvalue weighted by Crippen LogP contribution is -2.43. The molecule has 2 saturated heterocycles. The smallest absolute Gasteiger partial charge is 0.234 e. The van der Waals surface area contributed by atoms with Crippen molar-refractivity contribution in [3.05, 3.63) is 35.4 Å². The van der Waals surface area contributed by atoms with Crippen LogP contribution in [-0.4, -0.2) is 42.9 Å². The first-order valence-corrected chi connectivity index (χ1v) is 7.58. The lowest BCUT2D eigenvalue weighted by Gasteiger charge is -2.27. The summed E-state index contributed by atoms with van der Waals surface area (Å²) in [6.45, 7) is 5.10. The number of piperidine rings is 1. The molecule has 112 valence electrons. The monoisotopic (exact) mass is 287 g/mol. The van der Waals surface area contributed by atoms with Gasteiger partial charge in [0.25, 0.3) is 0 Å². The van der Waals surface area contributed by atoms with Crippen molar-refractivity contribution in [2.75, 3.05) is 26.2 Å². The molecule has 1 aromatic rings. The van der Waals surface area contributed by atoms with Crippen LogP contribution < -0.4 is 10.6 Å². The average molecular weight is 287 g/mol. The van der Waals surface area contributed by atoms with Crippen LogP contribution in [0.4, 0.5) is 0 Å². The van der Waals surface area contributed by atoms with Crippen LogP contribution in [0.5, 0.6) is 0 Å². The summed E-state index contributed by atoms with van der Waals surface area (Å²) in [4.78, 5) is 25.6. The number of amides is 2. The quantitative estimate of drug-likeness (QED) is 0.800. The number of carbonyl (C=O) groups is 2. The maximum atomic E-state index is 12.0. The van der Waals surface area contributed by atoms with Gasteiger partial charge in [-0.3, -0.25) is 19.8 Å². The summed E-state index contributed by atoms with van der Waals surface area (Å²) in [5, 5.41) is 5.78. The van der Waals surface area contributed by atoms with Crippen LogP contribution in [0.25, 0.3) is 0 Å². The second kappa shape index (κ2) is 6.37. The summed E-state index contributed by atoms with van der Waals surface area (Å²) in [7, 11) is 0. The van der Waals surface area contributed by atoms with Gasteiger partial charge in [-0.1, -0.05) is 24.3 Å². The highest BCUT2D eigenvalue weighted by molar-refractivity contribution is 6.00. The van der Waals surface area contributed by atoms with Crippen molar-refractivity contribution in [2.24, 2.45) is 0 Å². The second-order valence-electron chi connectivity index (χ2n) is 5.77. The Labute approximate surface area is 124 Å². The fourth-order valence-corrected chi connectivity index (χ4v) is 3.05. The summed E-state index contributed by atoms with van der Waals surface area (Å²) < 4.78 is 0. The van der Waals surface area contributed by atoms with E-state index in [2.05, 4.69) is 27.7 Å². The second-order valence-corrected chi connectivity index (χ2v) is 5.77. The van der Waals surface area contributed by atoms with Crippen molar-refractivity contribution < 1.29 is 9.59 Å². The van der Waals surface area contributed by atoms with E-state index in [0.29, 0.717) is 12.8 Å². The van der Waals surface area contributed by atoms with E-state index in [1.54, 1.807) is 0 Å². The summed E-state index contributed by atoms with van der Waals surface area (Å²) in [5.74, 6) is -0.510. The molecule has 2 N–H and O–H groups in total. The van der Waals surface area contributed by atoms with Crippen molar-refractivity contribution in [2.45, 2.75) is 25.3 Å². The van der Waals surface area contributed by atoms with Gasteiger partial charge in [0.1, 0.15) is 0 Å². The van der Waals surface area contributed by atoms with Gasteiger partial charge in [-0.15, -0.1) is 0 Å². The van der Waals surface area contributed by atoms with E-state index in [-0.39, 0.29) is 17.7 Å². The Morgan fingerprint density at radius 2 is 2.00 bits per heavy atom. The molecule has 0 bridgehead atoms. The molecular formula is C16H21N3O2. The minimum absolute atomic E-state index is 0.159. The molecule has 2 heterocycles. The standard InChI is InChI=1S/C16H21N3O2/c20-15-5-4-14(16(21)18-15)13-3-1-2-12(10-13)11-19-8-6-17-7-9-19/h1-3,10,14,17H,4-9,11H2,(H,18,20,21). The van der Waals surface area contributed by atoms with Crippen LogP contribution >= 0.6 is 0 Å². The Morgan fingerprint density at radius 3 is 2.76 bits per heavy atom. The van der Waals surface area contributed by atoms with Gasteiger partial charge in [0.2, 0.25) is 11.8 Å². The summed E-state index contributed by atoms with van der Waals surface area (Å²) in [6, 6.07) is 8.22. The van der Waals surface area contributed by atoms with E-state index >= 15 is 0 Å². The number of piperazine rings is 1. The minimum atomic E-state index is -0.189. The number of imide groups is 1. The molecule has 5 heteroatoms. The number of benzene rings is 1. The molecule has 0 spiro atoms. The lowest BCUT2D eigenvalue weighted by atomic mass is 9.89. The Kier molecular flexibility index (Phi) is 4.31. The van der Waals surface area contributed by atoms with Gasteiger partial charge < -0.3 is 5.32 Å². The summed E-state index contributed by atoms with van der Waals surface area (Å²) in [5.41, 5.74) is 2.26. The molecule has 1 aromatic carbocycles. The summed E-state index contributed by atoms with van der Waals surface area (Å²) in [6.07, 6.45) is 1.04. The Bertz CT molecular complexity index is 538. The summed E-state index contributed by atoms with van der Waals surface area (Å²) >= 11 is 0. The highest BCUT2D eigenvalue weighted by Gasteiger charge is 2.27. The minimum Gasteiger partial charge on any atom is -0.314 e. The van der Waals surface area contributed by atoms with Crippen molar-refractivity contribution >= 4 is 11.8 Å². The molecule has 0 aliphatic carbocycles. The van der Waals surface area contributed by atoms with E-state index in [4.69, 9.17) is 0 Å².